The molecular formula is C28H34. The minimum atomic E-state index is 0.833. The zero-order valence-corrected chi connectivity index (χ0v) is 18.1. The summed E-state index contributed by atoms with van der Waals surface area (Å²) < 4.78 is 0. The summed E-state index contributed by atoms with van der Waals surface area (Å²) >= 11 is 0. The molecule has 0 spiro atoms. The van der Waals surface area contributed by atoms with Crippen molar-refractivity contribution in [1.29, 1.82) is 0 Å². The number of hydrogen-bond donors (Lipinski definition) is 0. The zero-order chi connectivity index (χ0) is 20.4. The van der Waals surface area contributed by atoms with Gasteiger partial charge in [0.1, 0.15) is 0 Å². The minimum Gasteiger partial charge on any atom is -0.0683 e. The Kier molecular flexibility index (Phi) is 8.75. The summed E-state index contributed by atoms with van der Waals surface area (Å²) in [6.45, 7) is 10.5. The highest BCUT2D eigenvalue weighted by Gasteiger charge is 2.20. The lowest BCUT2D eigenvalue weighted by molar-refractivity contribution is 0.737. The smallest absolute Gasteiger partial charge is 0.00705 e. The highest BCUT2D eigenvalue weighted by Crippen LogP contribution is 2.40. The SMILES string of the molecule is CC.CC(C)C.c1ccc(C2=C(c3ccccc3)c3ccccc3CC2)cc1. The monoisotopic (exact) mass is 370 g/mol. The van der Waals surface area contributed by atoms with Crippen LogP contribution in [0.25, 0.3) is 11.1 Å². The first-order chi connectivity index (χ1) is 13.7. The lowest BCUT2D eigenvalue weighted by atomic mass is 9.80. The van der Waals surface area contributed by atoms with Crippen molar-refractivity contribution in [3.63, 3.8) is 0 Å². The van der Waals surface area contributed by atoms with E-state index in [0.29, 0.717) is 0 Å². The van der Waals surface area contributed by atoms with Gasteiger partial charge in [0.2, 0.25) is 0 Å². The van der Waals surface area contributed by atoms with Crippen LogP contribution >= 0.6 is 0 Å². The molecule has 0 aliphatic heterocycles. The van der Waals surface area contributed by atoms with Crippen molar-refractivity contribution in [1.82, 2.24) is 0 Å². The van der Waals surface area contributed by atoms with E-state index in [1.165, 1.54) is 33.4 Å². The van der Waals surface area contributed by atoms with Gasteiger partial charge in [-0.25, -0.2) is 0 Å². The second-order valence-corrected chi connectivity index (χ2v) is 7.47. The Labute approximate surface area is 172 Å². The lowest BCUT2D eigenvalue weighted by Crippen LogP contribution is -2.05. The van der Waals surface area contributed by atoms with Crippen LogP contribution in [0.1, 0.15) is 63.3 Å². The van der Waals surface area contributed by atoms with Crippen molar-refractivity contribution in [3.8, 4) is 0 Å². The van der Waals surface area contributed by atoms with E-state index >= 15 is 0 Å². The highest BCUT2D eigenvalue weighted by molar-refractivity contribution is 6.00. The van der Waals surface area contributed by atoms with Gasteiger partial charge < -0.3 is 0 Å². The van der Waals surface area contributed by atoms with E-state index in [1.807, 2.05) is 13.8 Å². The normalized spacial score (nSPS) is 12.4. The van der Waals surface area contributed by atoms with Crippen LogP contribution < -0.4 is 0 Å². The summed E-state index contributed by atoms with van der Waals surface area (Å²) in [4.78, 5) is 0. The summed E-state index contributed by atoms with van der Waals surface area (Å²) in [5, 5.41) is 0. The maximum Gasteiger partial charge on any atom is -0.00705 e. The number of aryl methyl sites for hydroxylation is 1. The molecule has 1 aliphatic rings. The van der Waals surface area contributed by atoms with E-state index in [4.69, 9.17) is 0 Å². The Balaban J connectivity index is 0.000000419. The second-order valence-electron chi connectivity index (χ2n) is 7.47. The van der Waals surface area contributed by atoms with Crippen molar-refractivity contribution in [2.75, 3.05) is 0 Å². The van der Waals surface area contributed by atoms with Crippen LogP contribution in [0.3, 0.4) is 0 Å². The molecule has 28 heavy (non-hydrogen) atoms. The third-order valence-electron chi connectivity index (χ3n) is 4.42. The third kappa shape index (κ3) is 5.70. The van der Waals surface area contributed by atoms with Gasteiger partial charge in [-0.3, -0.25) is 0 Å². The molecule has 1 aliphatic carbocycles. The topological polar surface area (TPSA) is 0 Å². The van der Waals surface area contributed by atoms with Gasteiger partial charge in [0.25, 0.3) is 0 Å². The third-order valence-corrected chi connectivity index (χ3v) is 4.42. The van der Waals surface area contributed by atoms with Gasteiger partial charge in [0.05, 0.1) is 0 Å². The zero-order valence-electron chi connectivity index (χ0n) is 18.1. The number of benzene rings is 3. The Morgan fingerprint density at radius 3 is 1.61 bits per heavy atom. The molecule has 3 aromatic rings. The average molecular weight is 371 g/mol. The predicted octanol–water partition coefficient (Wildman–Crippen LogP) is 8.28. The van der Waals surface area contributed by atoms with E-state index < -0.39 is 0 Å². The summed E-state index contributed by atoms with van der Waals surface area (Å²) in [5.74, 6) is 0.833. The van der Waals surface area contributed by atoms with Crippen LogP contribution in [0.4, 0.5) is 0 Å². The molecule has 0 bridgehead atoms. The summed E-state index contributed by atoms with van der Waals surface area (Å²) in [5.41, 5.74) is 8.36. The molecule has 0 radical (unpaired) electrons. The molecule has 0 N–H and O–H groups in total. The molecule has 0 heteroatoms. The molecule has 0 fully saturated rings. The van der Waals surface area contributed by atoms with Crippen molar-refractivity contribution in [2.45, 2.75) is 47.5 Å². The van der Waals surface area contributed by atoms with E-state index in [2.05, 4.69) is 106 Å². The van der Waals surface area contributed by atoms with E-state index in [9.17, 15) is 0 Å². The fourth-order valence-corrected chi connectivity index (χ4v) is 3.39. The molecule has 4 rings (SSSR count). The van der Waals surface area contributed by atoms with Crippen LogP contribution in [-0.2, 0) is 6.42 Å². The van der Waals surface area contributed by atoms with Crippen LogP contribution in [0.5, 0.6) is 0 Å². The average Bonchev–Trinajstić information content (AvgIpc) is 2.75. The van der Waals surface area contributed by atoms with Crippen molar-refractivity contribution >= 4 is 11.1 Å². The molecule has 0 atom stereocenters. The summed E-state index contributed by atoms with van der Waals surface area (Å²) in [6, 6.07) is 30.4. The minimum absolute atomic E-state index is 0.833. The Morgan fingerprint density at radius 2 is 1.04 bits per heavy atom. The largest absolute Gasteiger partial charge is 0.0683 e. The number of fused-ring (bicyclic) bond motifs is 1. The van der Waals surface area contributed by atoms with Gasteiger partial charge in [-0.15, -0.1) is 0 Å². The molecule has 0 amide bonds. The van der Waals surface area contributed by atoms with Gasteiger partial charge in [0.15, 0.2) is 0 Å². The van der Waals surface area contributed by atoms with Crippen LogP contribution in [0.15, 0.2) is 84.9 Å². The molecular weight excluding hydrogens is 336 g/mol. The molecule has 3 aromatic carbocycles. The first kappa shape index (κ1) is 21.7. The Morgan fingerprint density at radius 1 is 0.571 bits per heavy atom. The Bertz CT molecular complexity index is 852. The lowest BCUT2D eigenvalue weighted by Gasteiger charge is -2.24. The molecule has 146 valence electrons. The molecule has 0 saturated carbocycles. The van der Waals surface area contributed by atoms with Crippen LogP contribution in [0, 0.1) is 5.92 Å². The highest BCUT2D eigenvalue weighted by atomic mass is 14.2. The van der Waals surface area contributed by atoms with Crippen molar-refractivity contribution in [3.05, 3.63) is 107 Å². The van der Waals surface area contributed by atoms with E-state index in [1.54, 1.807) is 0 Å². The first-order valence-corrected chi connectivity index (χ1v) is 10.6. The first-order valence-electron chi connectivity index (χ1n) is 10.6. The molecule has 0 heterocycles. The molecule has 0 nitrogen and oxygen atoms in total. The van der Waals surface area contributed by atoms with Gasteiger partial charge in [-0.2, -0.15) is 0 Å². The molecule has 0 saturated heterocycles. The van der Waals surface area contributed by atoms with Crippen molar-refractivity contribution < 1.29 is 0 Å². The molecule has 0 unspecified atom stereocenters. The maximum absolute atomic E-state index is 2.26. The Hall–Kier alpha value is -2.60. The molecule has 0 aromatic heterocycles. The second kappa shape index (κ2) is 11.3. The standard InChI is InChI=1S/C22H18.C4H10.C2H6/c1-3-9-17(10-4-1)21-16-15-18-11-7-8-14-20(18)22(21)19-12-5-2-6-13-19;1-4(2)3;1-2/h1-14H,15-16H2;4H,1-3H3;1-2H3. The van der Waals surface area contributed by atoms with Gasteiger partial charge in [-0.05, 0) is 52.2 Å². The van der Waals surface area contributed by atoms with Crippen LogP contribution in [0.2, 0.25) is 0 Å². The van der Waals surface area contributed by atoms with Gasteiger partial charge in [-0.1, -0.05) is 120 Å². The fraction of sp³-hybridized carbons (Fsp3) is 0.286. The number of hydrogen-bond acceptors (Lipinski definition) is 0. The quantitative estimate of drug-likeness (QED) is 0.425. The van der Waals surface area contributed by atoms with Gasteiger partial charge in [0, 0.05) is 0 Å². The number of rotatable bonds is 2. The summed E-state index contributed by atoms with van der Waals surface area (Å²) in [7, 11) is 0. The summed E-state index contributed by atoms with van der Waals surface area (Å²) in [6.07, 6.45) is 2.22. The van der Waals surface area contributed by atoms with E-state index in [-0.39, 0.29) is 0 Å². The van der Waals surface area contributed by atoms with E-state index in [0.717, 1.165) is 18.8 Å². The number of allylic oxidation sites excluding steroid dienone is 1. The van der Waals surface area contributed by atoms with Crippen LogP contribution in [-0.4, -0.2) is 0 Å². The van der Waals surface area contributed by atoms with Gasteiger partial charge >= 0.3 is 0 Å². The maximum atomic E-state index is 2.26. The van der Waals surface area contributed by atoms with Crippen molar-refractivity contribution in [2.24, 2.45) is 5.92 Å². The fourth-order valence-electron chi connectivity index (χ4n) is 3.39. The predicted molar refractivity (Wildman–Crippen MR) is 125 cm³/mol.